The van der Waals surface area contributed by atoms with Gasteiger partial charge in [0.25, 0.3) is 7.37 Å². The first kappa shape index (κ1) is 15.9. The third-order valence-corrected chi connectivity index (χ3v) is 5.65. The molecule has 0 amide bonds. The molecule has 112 valence electrons. The van der Waals surface area contributed by atoms with E-state index < -0.39 is 19.1 Å². The molecule has 2 rings (SSSR count). The fraction of sp³-hybridized carbons (Fsp3) is 0.250. The topological polar surface area (TPSA) is 55.8 Å². The Bertz CT molecular complexity index is 549. The van der Waals surface area contributed by atoms with Crippen molar-refractivity contribution in [2.45, 2.75) is 11.7 Å². The lowest BCUT2D eigenvalue weighted by Gasteiger charge is -2.28. The van der Waals surface area contributed by atoms with Crippen LogP contribution in [0.1, 0.15) is 22.8 Å². The van der Waals surface area contributed by atoms with Crippen molar-refractivity contribution in [3.05, 3.63) is 71.8 Å². The summed E-state index contributed by atoms with van der Waals surface area (Å²) in [6.07, 6.45) is 0. The molecule has 2 unspecified atom stereocenters. The summed E-state index contributed by atoms with van der Waals surface area (Å²) in [5, 5.41) is 0. The molecular weight excluding hydrogens is 287 g/mol. The second-order valence-electron chi connectivity index (χ2n) is 4.67. The molecule has 0 aromatic heterocycles. The van der Waals surface area contributed by atoms with Crippen LogP contribution in [0.2, 0.25) is 0 Å². The monoisotopic (exact) mass is 306 g/mol. The fourth-order valence-electron chi connectivity index (χ4n) is 2.36. The standard InChI is InChI=1S/C16H19O4P/c1-19-15(13-9-5-3-6-10-13)21(17,18)16(20-2)14-11-7-4-8-12-14/h3-12,15-16H,1-2H3,(H,17,18). The fourth-order valence-corrected chi connectivity index (χ4v) is 4.41. The van der Waals surface area contributed by atoms with Crippen LogP contribution in [0.3, 0.4) is 0 Å². The third kappa shape index (κ3) is 3.42. The van der Waals surface area contributed by atoms with Gasteiger partial charge in [0.15, 0.2) is 11.7 Å². The van der Waals surface area contributed by atoms with Gasteiger partial charge in [-0.25, -0.2) is 0 Å². The summed E-state index contributed by atoms with van der Waals surface area (Å²) < 4.78 is 23.6. The lowest BCUT2D eigenvalue weighted by Crippen LogP contribution is -2.11. The first-order valence-corrected chi connectivity index (χ1v) is 8.38. The highest BCUT2D eigenvalue weighted by atomic mass is 31.2. The van der Waals surface area contributed by atoms with Crippen molar-refractivity contribution in [2.24, 2.45) is 0 Å². The first-order chi connectivity index (χ1) is 10.1. The van der Waals surface area contributed by atoms with Crippen molar-refractivity contribution < 1.29 is 18.9 Å². The van der Waals surface area contributed by atoms with Crippen LogP contribution in [-0.4, -0.2) is 19.1 Å². The number of ether oxygens (including phenoxy) is 2. The quantitative estimate of drug-likeness (QED) is 0.821. The molecular formula is C16H19O4P. The molecule has 0 aliphatic heterocycles. The van der Waals surface area contributed by atoms with Gasteiger partial charge in [0.05, 0.1) is 0 Å². The SMILES string of the molecule is COC(c1ccccc1)P(=O)(O)C(OC)c1ccccc1. The smallest absolute Gasteiger partial charge is 0.265 e. The van der Waals surface area contributed by atoms with E-state index in [9.17, 15) is 9.46 Å². The van der Waals surface area contributed by atoms with Crippen LogP contribution >= 0.6 is 7.37 Å². The van der Waals surface area contributed by atoms with Gasteiger partial charge in [-0.2, -0.15) is 0 Å². The summed E-state index contributed by atoms with van der Waals surface area (Å²) in [4.78, 5) is 10.6. The molecule has 0 fully saturated rings. The molecule has 2 aromatic carbocycles. The maximum Gasteiger partial charge on any atom is 0.265 e. The van der Waals surface area contributed by atoms with Gasteiger partial charge in [-0.3, -0.25) is 4.57 Å². The second kappa shape index (κ2) is 7.01. The summed E-state index contributed by atoms with van der Waals surface area (Å²) in [7, 11) is -0.943. The van der Waals surface area contributed by atoms with Crippen molar-refractivity contribution >= 4 is 7.37 Å². The van der Waals surface area contributed by atoms with Crippen LogP contribution < -0.4 is 0 Å². The molecule has 1 N–H and O–H groups in total. The molecule has 0 saturated carbocycles. The van der Waals surface area contributed by atoms with Gasteiger partial charge in [-0.15, -0.1) is 0 Å². The largest absolute Gasteiger partial charge is 0.366 e. The van der Waals surface area contributed by atoms with Gasteiger partial charge >= 0.3 is 0 Å². The Balaban J connectivity index is 2.40. The van der Waals surface area contributed by atoms with E-state index in [0.29, 0.717) is 11.1 Å². The van der Waals surface area contributed by atoms with E-state index in [1.807, 2.05) is 36.4 Å². The van der Waals surface area contributed by atoms with E-state index in [1.165, 1.54) is 14.2 Å². The maximum absolute atomic E-state index is 13.0. The lowest BCUT2D eigenvalue weighted by atomic mass is 10.2. The molecule has 4 nitrogen and oxygen atoms in total. The Hall–Kier alpha value is -1.45. The molecule has 0 heterocycles. The molecule has 0 spiro atoms. The van der Waals surface area contributed by atoms with Gasteiger partial charge in [-0.05, 0) is 11.1 Å². The average Bonchev–Trinajstić information content (AvgIpc) is 2.50. The molecule has 0 saturated heterocycles. The minimum absolute atomic E-state index is 0.656. The molecule has 0 bridgehead atoms. The maximum atomic E-state index is 13.0. The van der Waals surface area contributed by atoms with Crippen LogP contribution in [0, 0.1) is 0 Å². The zero-order chi connectivity index (χ0) is 15.3. The normalized spacial score (nSPS) is 16.9. The number of benzene rings is 2. The average molecular weight is 306 g/mol. The summed E-state index contributed by atoms with van der Waals surface area (Å²) in [5.74, 6) is -1.85. The molecule has 2 aromatic rings. The van der Waals surface area contributed by atoms with Crippen molar-refractivity contribution in [2.75, 3.05) is 14.2 Å². The highest BCUT2D eigenvalue weighted by Crippen LogP contribution is 2.66. The summed E-state index contributed by atoms with van der Waals surface area (Å²) in [6, 6.07) is 18.0. The number of hydrogen-bond donors (Lipinski definition) is 1. The highest BCUT2D eigenvalue weighted by molar-refractivity contribution is 7.58. The molecule has 5 heteroatoms. The molecule has 0 radical (unpaired) electrons. The summed E-state index contributed by atoms with van der Waals surface area (Å²) in [5.41, 5.74) is 1.31. The van der Waals surface area contributed by atoms with Gasteiger partial charge in [0.1, 0.15) is 0 Å². The molecule has 21 heavy (non-hydrogen) atoms. The summed E-state index contributed by atoms with van der Waals surface area (Å²) in [6.45, 7) is 0. The minimum Gasteiger partial charge on any atom is -0.366 e. The van der Waals surface area contributed by atoms with Crippen molar-refractivity contribution in [3.63, 3.8) is 0 Å². The van der Waals surface area contributed by atoms with Crippen molar-refractivity contribution in [1.29, 1.82) is 0 Å². The molecule has 2 atom stereocenters. The summed E-state index contributed by atoms with van der Waals surface area (Å²) >= 11 is 0. The lowest BCUT2D eigenvalue weighted by molar-refractivity contribution is 0.114. The molecule has 0 aliphatic carbocycles. The zero-order valence-electron chi connectivity index (χ0n) is 12.0. The van der Waals surface area contributed by atoms with E-state index in [4.69, 9.17) is 9.47 Å². The van der Waals surface area contributed by atoms with Crippen molar-refractivity contribution in [3.8, 4) is 0 Å². The van der Waals surface area contributed by atoms with Crippen LogP contribution in [0.4, 0.5) is 0 Å². The Labute approximate surface area is 124 Å². The van der Waals surface area contributed by atoms with Gasteiger partial charge in [-0.1, -0.05) is 60.7 Å². The van der Waals surface area contributed by atoms with E-state index in [-0.39, 0.29) is 0 Å². The van der Waals surface area contributed by atoms with E-state index in [1.54, 1.807) is 24.3 Å². The van der Waals surface area contributed by atoms with Gasteiger partial charge in [0.2, 0.25) is 0 Å². The number of methoxy groups -OCH3 is 2. The zero-order valence-corrected chi connectivity index (χ0v) is 12.9. The van der Waals surface area contributed by atoms with E-state index in [2.05, 4.69) is 0 Å². The Morgan fingerprint density at radius 1 is 0.810 bits per heavy atom. The van der Waals surface area contributed by atoms with E-state index in [0.717, 1.165) is 0 Å². The molecule has 0 aliphatic rings. The predicted molar refractivity (Wildman–Crippen MR) is 82.2 cm³/mol. The Kier molecular flexibility index (Phi) is 5.32. The van der Waals surface area contributed by atoms with E-state index >= 15 is 0 Å². The van der Waals surface area contributed by atoms with Gasteiger partial charge in [0, 0.05) is 14.2 Å². The van der Waals surface area contributed by atoms with Crippen LogP contribution in [-0.2, 0) is 14.0 Å². The predicted octanol–water partition coefficient (Wildman–Crippen LogP) is 3.95. The number of hydrogen-bond acceptors (Lipinski definition) is 3. The van der Waals surface area contributed by atoms with Crippen LogP contribution in [0.5, 0.6) is 0 Å². The highest BCUT2D eigenvalue weighted by Gasteiger charge is 2.41. The van der Waals surface area contributed by atoms with Crippen LogP contribution in [0.15, 0.2) is 60.7 Å². The number of rotatable bonds is 6. The minimum atomic E-state index is -3.80. The Morgan fingerprint density at radius 2 is 1.14 bits per heavy atom. The second-order valence-corrected chi connectivity index (χ2v) is 6.95. The first-order valence-electron chi connectivity index (χ1n) is 6.59. The third-order valence-electron chi connectivity index (χ3n) is 3.29. The Morgan fingerprint density at radius 3 is 1.43 bits per heavy atom. The van der Waals surface area contributed by atoms with Gasteiger partial charge < -0.3 is 14.4 Å². The van der Waals surface area contributed by atoms with Crippen molar-refractivity contribution in [1.82, 2.24) is 0 Å². The van der Waals surface area contributed by atoms with Crippen LogP contribution in [0.25, 0.3) is 0 Å².